The normalized spacial score (nSPS) is 11.7. The van der Waals surface area contributed by atoms with Gasteiger partial charge in [-0.25, -0.2) is 0 Å². The number of carbonyl (C=O) groups is 1. The van der Waals surface area contributed by atoms with Crippen LogP contribution in [-0.4, -0.2) is 26.3 Å². The number of hydrogen-bond donors (Lipinski definition) is 2. The van der Waals surface area contributed by atoms with Gasteiger partial charge < -0.3 is 10.4 Å². The maximum atomic E-state index is 12.9. The average molecular weight is 436 g/mol. The number of aromatic nitrogens is 2. The molecule has 0 spiro atoms. The van der Waals surface area contributed by atoms with Gasteiger partial charge in [-0.15, -0.1) is 0 Å². The lowest BCUT2D eigenvalue weighted by Crippen LogP contribution is -2.25. The Kier molecular flexibility index (Phi) is 7.00. The number of halogens is 4. The van der Waals surface area contributed by atoms with Gasteiger partial charge in [0.1, 0.15) is 0 Å². The van der Waals surface area contributed by atoms with Crippen molar-refractivity contribution in [2.75, 3.05) is 11.1 Å². The van der Waals surface area contributed by atoms with Crippen LogP contribution in [-0.2, 0) is 17.5 Å². The van der Waals surface area contributed by atoms with Crippen LogP contribution < -0.4 is 10.9 Å². The van der Waals surface area contributed by atoms with Gasteiger partial charge in [0.2, 0.25) is 11.8 Å². The lowest BCUT2D eigenvalue weighted by molar-refractivity contribution is -0.137. The van der Waals surface area contributed by atoms with Crippen molar-refractivity contribution in [2.24, 2.45) is 5.92 Å². The molecule has 2 N–H and O–H groups in total. The number of anilines is 1. The van der Waals surface area contributed by atoms with Gasteiger partial charge in [-0.2, -0.15) is 18.2 Å². The molecule has 11 heteroatoms. The summed E-state index contributed by atoms with van der Waals surface area (Å²) in [5.74, 6) is -1.18. The molecule has 0 saturated heterocycles. The molecule has 0 aliphatic rings. The van der Waals surface area contributed by atoms with E-state index in [0.717, 1.165) is 30.0 Å². The Morgan fingerprint density at radius 2 is 2.04 bits per heavy atom. The Labute approximate surface area is 167 Å². The van der Waals surface area contributed by atoms with E-state index in [2.05, 4.69) is 10.3 Å². The molecule has 1 aromatic carbocycles. The van der Waals surface area contributed by atoms with Crippen molar-refractivity contribution in [3.05, 3.63) is 45.2 Å². The van der Waals surface area contributed by atoms with E-state index in [1.54, 1.807) is 0 Å². The first-order chi connectivity index (χ1) is 13.0. The van der Waals surface area contributed by atoms with Crippen LogP contribution in [0.3, 0.4) is 0 Å². The zero-order valence-corrected chi connectivity index (χ0v) is 16.5. The Hall–Kier alpha value is -2.20. The molecule has 1 heterocycles. The van der Waals surface area contributed by atoms with Crippen molar-refractivity contribution in [3.63, 3.8) is 0 Å². The summed E-state index contributed by atoms with van der Waals surface area (Å²) in [5, 5.41) is 11.5. The van der Waals surface area contributed by atoms with Crippen LogP contribution >= 0.6 is 23.4 Å². The number of amides is 1. The van der Waals surface area contributed by atoms with E-state index < -0.39 is 34.1 Å². The molecule has 6 nitrogen and oxygen atoms in total. The second-order valence-corrected chi connectivity index (χ2v) is 7.62. The van der Waals surface area contributed by atoms with E-state index in [1.807, 2.05) is 13.8 Å². The summed E-state index contributed by atoms with van der Waals surface area (Å²) in [6.45, 7) is 4.11. The number of aromatic hydroxyl groups is 1. The Balaban J connectivity index is 2.13. The average Bonchev–Trinajstić information content (AvgIpc) is 2.56. The molecule has 0 saturated carbocycles. The summed E-state index contributed by atoms with van der Waals surface area (Å²) >= 11 is 6.44. The van der Waals surface area contributed by atoms with E-state index in [0.29, 0.717) is 6.54 Å². The highest BCUT2D eigenvalue weighted by Crippen LogP contribution is 2.36. The summed E-state index contributed by atoms with van der Waals surface area (Å²) in [6.07, 6.45) is -4.65. The minimum absolute atomic E-state index is 0.0641. The highest BCUT2D eigenvalue weighted by molar-refractivity contribution is 7.99. The van der Waals surface area contributed by atoms with Gasteiger partial charge >= 0.3 is 6.18 Å². The van der Waals surface area contributed by atoms with Gasteiger partial charge in [0.25, 0.3) is 5.56 Å². The van der Waals surface area contributed by atoms with Gasteiger partial charge in [0, 0.05) is 12.2 Å². The van der Waals surface area contributed by atoms with Crippen LogP contribution in [0.1, 0.15) is 19.4 Å². The maximum Gasteiger partial charge on any atom is 0.417 e. The summed E-state index contributed by atoms with van der Waals surface area (Å²) in [7, 11) is 0. The van der Waals surface area contributed by atoms with Gasteiger partial charge in [-0.05, 0) is 24.1 Å². The number of carbonyl (C=O) groups excluding carboxylic acids is 1. The van der Waals surface area contributed by atoms with Gasteiger partial charge in [0.05, 0.1) is 22.4 Å². The molecule has 0 fully saturated rings. The highest BCUT2D eigenvalue weighted by Gasteiger charge is 2.33. The maximum absolute atomic E-state index is 12.9. The van der Waals surface area contributed by atoms with E-state index in [1.165, 1.54) is 10.6 Å². The number of alkyl halides is 3. The van der Waals surface area contributed by atoms with Crippen molar-refractivity contribution < 1.29 is 23.1 Å². The van der Waals surface area contributed by atoms with Crippen molar-refractivity contribution >= 4 is 35.0 Å². The predicted molar refractivity (Wildman–Crippen MR) is 101 cm³/mol. The molecule has 2 rings (SSSR count). The number of thioether (sulfide) groups is 1. The zero-order chi connectivity index (χ0) is 21.1. The summed E-state index contributed by atoms with van der Waals surface area (Å²) < 4.78 is 40.0. The van der Waals surface area contributed by atoms with Crippen LogP contribution in [0.4, 0.5) is 18.9 Å². The number of rotatable bonds is 6. The quantitative estimate of drug-likeness (QED) is 0.529. The van der Waals surface area contributed by atoms with Crippen LogP contribution in [0.15, 0.2) is 34.2 Å². The fourth-order valence-electron chi connectivity index (χ4n) is 2.26. The second kappa shape index (κ2) is 8.87. The SMILES string of the molecule is CC(C)Cn1c(SCC(=O)Nc2ccc(Cl)c(C(F)(F)F)c2)nc(O)cc1=O. The molecule has 0 atom stereocenters. The standard InChI is InChI=1S/C17H17ClF3N3O3S/c1-9(2)7-24-15(27)6-13(25)23-16(24)28-8-14(26)22-10-3-4-12(18)11(5-10)17(19,20)21/h3-6,9,25H,7-8H2,1-2H3,(H,22,26). The first-order valence-corrected chi connectivity index (χ1v) is 9.44. The van der Waals surface area contributed by atoms with Crippen molar-refractivity contribution in [3.8, 4) is 5.88 Å². The molecule has 1 aromatic heterocycles. The summed E-state index contributed by atoms with van der Waals surface area (Å²) in [6, 6.07) is 4.01. The molecule has 0 bridgehead atoms. The fraction of sp³-hybridized carbons (Fsp3) is 0.353. The van der Waals surface area contributed by atoms with Crippen LogP contribution in [0.2, 0.25) is 5.02 Å². The van der Waals surface area contributed by atoms with E-state index in [9.17, 15) is 27.9 Å². The van der Waals surface area contributed by atoms with Crippen molar-refractivity contribution in [1.82, 2.24) is 9.55 Å². The topological polar surface area (TPSA) is 84.2 Å². The Morgan fingerprint density at radius 3 is 2.64 bits per heavy atom. The largest absolute Gasteiger partial charge is 0.493 e. The lowest BCUT2D eigenvalue weighted by atomic mass is 10.2. The smallest absolute Gasteiger partial charge is 0.417 e. The number of nitrogens with one attached hydrogen (secondary N) is 1. The van der Waals surface area contributed by atoms with Crippen LogP contribution in [0, 0.1) is 5.92 Å². The van der Waals surface area contributed by atoms with Gasteiger partial charge in [-0.3, -0.25) is 14.2 Å². The Morgan fingerprint density at radius 1 is 1.36 bits per heavy atom. The van der Waals surface area contributed by atoms with Crippen LogP contribution in [0.5, 0.6) is 5.88 Å². The van der Waals surface area contributed by atoms with E-state index in [4.69, 9.17) is 11.6 Å². The molecule has 0 aliphatic heterocycles. The van der Waals surface area contributed by atoms with Gasteiger partial charge in [0.15, 0.2) is 5.16 Å². The van der Waals surface area contributed by atoms with E-state index >= 15 is 0 Å². The molecule has 0 aliphatic carbocycles. The third kappa shape index (κ3) is 5.90. The third-order valence-electron chi connectivity index (χ3n) is 3.40. The minimum Gasteiger partial charge on any atom is -0.493 e. The molecule has 0 unspecified atom stereocenters. The molecule has 2 aromatic rings. The first-order valence-electron chi connectivity index (χ1n) is 8.07. The molecule has 1 amide bonds. The van der Waals surface area contributed by atoms with Gasteiger partial charge in [-0.1, -0.05) is 37.2 Å². The predicted octanol–water partition coefficient (Wildman–Crippen LogP) is 4.01. The van der Waals surface area contributed by atoms with Crippen molar-refractivity contribution in [1.29, 1.82) is 0 Å². The first kappa shape index (κ1) is 22.1. The van der Waals surface area contributed by atoms with Crippen LogP contribution in [0.25, 0.3) is 0 Å². The fourth-order valence-corrected chi connectivity index (χ4v) is 3.30. The second-order valence-electron chi connectivity index (χ2n) is 6.27. The number of hydrogen-bond acceptors (Lipinski definition) is 5. The Bertz CT molecular complexity index is 932. The minimum atomic E-state index is -4.65. The molecular weight excluding hydrogens is 419 g/mol. The van der Waals surface area contributed by atoms with Crippen molar-refractivity contribution in [2.45, 2.75) is 31.7 Å². The van der Waals surface area contributed by atoms with E-state index in [-0.39, 0.29) is 22.5 Å². The molecule has 152 valence electrons. The molecule has 0 radical (unpaired) electrons. The number of nitrogens with zero attached hydrogens (tertiary/aromatic N) is 2. The monoisotopic (exact) mass is 435 g/mol. The summed E-state index contributed by atoms with van der Waals surface area (Å²) in [4.78, 5) is 28.0. The third-order valence-corrected chi connectivity index (χ3v) is 4.70. The number of benzene rings is 1. The summed E-state index contributed by atoms with van der Waals surface area (Å²) in [5.41, 5.74) is -1.58. The molecular formula is C17H17ClF3N3O3S. The lowest BCUT2D eigenvalue weighted by Gasteiger charge is -2.14. The molecule has 28 heavy (non-hydrogen) atoms. The zero-order valence-electron chi connectivity index (χ0n) is 14.9. The highest BCUT2D eigenvalue weighted by atomic mass is 35.5.